The first-order valence-corrected chi connectivity index (χ1v) is 4.30. The third-order valence-electron chi connectivity index (χ3n) is 2.68. The largest absolute Gasteiger partial charge is 0.481 e. The molecule has 1 aliphatic carbocycles. The molecule has 0 spiro atoms. The van der Waals surface area contributed by atoms with Crippen LogP contribution in [0.4, 0.5) is 0 Å². The van der Waals surface area contributed by atoms with Crippen LogP contribution in [-0.2, 0) is 14.4 Å². The van der Waals surface area contributed by atoms with Gasteiger partial charge in [0.2, 0.25) is 5.91 Å². The van der Waals surface area contributed by atoms with Crippen molar-refractivity contribution in [2.75, 3.05) is 0 Å². The number of carbonyl (C=O) groups is 3. The van der Waals surface area contributed by atoms with Crippen molar-refractivity contribution in [3.8, 4) is 0 Å². The highest BCUT2D eigenvalue weighted by molar-refractivity contribution is 5.88. The van der Waals surface area contributed by atoms with E-state index < -0.39 is 35.6 Å². The van der Waals surface area contributed by atoms with Gasteiger partial charge in [0, 0.05) is 12.8 Å². The fourth-order valence-electron chi connectivity index (χ4n) is 1.74. The molecule has 0 aromatic carbocycles. The van der Waals surface area contributed by atoms with E-state index in [0.29, 0.717) is 0 Å². The van der Waals surface area contributed by atoms with Crippen molar-refractivity contribution in [2.24, 2.45) is 11.3 Å². The zero-order valence-corrected chi connectivity index (χ0v) is 7.77. The molecule has 7 heteroatoms. The van der Waals surface area contributed by atoms with Gasteiger partial charge in [0.25, 0.3) is 0 Å². The number of carbonyl (C=O) groups excluding carboxylic acids is 1. The first-order chi connectivity index (χ1) is 6.92. The number of amides is 1. The van der Waals surface area contributed by atoms with Gasteiger partial charge in [0.05, 0.1) is 5.41 Å². The second-order valence-corrected chi connectivity index (χ2v) is 3.67. The van der Waals surface area contributed by atoms with Gasteiger partial charge >= 0.3 is 11.9 Å². The van der Waals surface area contributed by atoms with Crippen molar-refractivity contribution in [1.82, 2.24) is 5.48 Å². The molecule has 1 fully saturated rings. The summed E-state index contributed by atoms with van der Waals surface area (Å²) in [5, 5.41) is 25.6. The van der Waals surface area contributed by atoms with Crippen LogP contribution in [0.2, 0.25) is 0 Å². The topological polar surface area (TPSA) is 124 Å². The molecule has 0 aliphatic heterocycles. The highest BCUT2D eigenvalue weighted by atomic mass is 16.5. The lowest BCUT2D eigenvalue weighted by Gasteiger charge is -2.09. The molecule has 4 N–H and O–H groups in total. The van der Waals surface area contributed by atoms with Crippen LogP contribution in [0.5, 0.6) is 0 Å². The maximum atomic E-state index is 10.9. The van der Waals surface area contributed by atoms with Gasteiger partial charge in [-0.1, -0.05) is 0 Å². The number of hydroxylamine groups is 1. The van der Waals surface area contributed by atoms with Gasteiger partial charge in [-0.25, -0.2) is 5.48 Å². The smallest absolute Gasteiger partial charge is 0.310 e. The van der Waals surface area contributed by atoms with E-state index in [4.69, 9.17) is 15.4 Å². The Morgan fingerprint density at radius 1 is 1.33 bits per heavy atom. The average molecular weight is 217 g/mol. The summed E-state index contributed by atoms with van der Waals surface area (Å²) in [5.74, 6) is -3.64. The van der Waals surface area contributed by atoms with Crippen molar-refractivity contribution in [3.63, 3.8) is 0 Å². The van der Waals surface area contributed by atoms with Crippen LogP contribution in [0.3, 0.4) is 0 Å². The lowest BCUT2D eigenvalue weighted by atomic mass is 9.97. The molecule has 1 aliphatic rings. The molecule has 0 heterocycles. The van der Waals surface area contributed by atoms with E-state index in [-0.39, 0.29) is 12.8 Å². The van der Waals surface area contributed by atoms with Gasteiger partial charge in [0.1, 0.15) is 0 Å². The highest BCUT2D eigenvalue weighted by Gasteiger charge is 2.61. The van der Waals surface area contributed by atoms with Gasteiger partial charge in [0.15, 0.2) is 0 Å². The molecule has 1 saturated carbocycles. The monoisotopic (exact) mass is 217 g/mol. The zero-order chi connectivity index (χ0) is 11.6. The Labute approximate surface area is 84.7 Å². The summed E-state index contributed by atoms with van der Waals surface area (Å²) in [6.07, 6.45) is -0.510. The molecule has 2 unspecified atom stereocenters. The van der Waals surface area contributed by atoms with Crippen LogP contribution in [-0.4, -0.2) is 33.3 Å². The summed E-state index contributed by atoms with van der Waals surface area (Å²) in [5.41, 5.74) is 0.0258. The van der Waals surface area contributed by atoms with Crippen LogP contribution in [0.15, 0.2) is 0 Å². The lowest BCUT2D eigenvalue weighted by Crippen LogP contribution is -2.28. The predicted molar refractivity (Wildman–Crippen MR) is 45.0 cm³/mol. The van der Waals surface area contributed by atoms with Crippen molar-refractivity contribution in [2.45, 2.75) is 19.3 Å². The van der Waals surface area contributed by atoms with Crippen LogP contribution < -0.4 is 5.48 Å². The zero-order valence-electron chi connectivity index (χ0n) is 7.77. The summed E-state index contributed by atoms with van der Waals surface area (Å²) >= 11 is 0. The van der Waals surface area contributed by atoms with E-state index in [9.17, 15) is 14.4 Å². The van der Waals surface area contributed by atoms with E-state index in [2.05, 4.69) is 0 Å². The summed E-state index contributed by atoms with van der Waals surface area (Å²) in [6.45, 7) is 0. The first-order valence-electron chi connectivity index (χ1n) is 4.30. The molecule has 84 valence electrons. The van der Waals surface area contributed by atoms with Crippen molar-refractivity contribution >= 4 is 17.8 Å². The highest BCUT2D eigenvalue weighted by Crippen LogP contribution is 2.57. The third kappa shape index (κ3) is 2.24. The molecule has 1 rings (SSSR count). The molecule has 2 atom stereocenters. The van der Waals surface area contributed by atoms with Gasteiger partial charge in [-0.3, -0.25) is 19.6 Å². The minimum absolute atomic E-state index is 0.155. The Morgan fingerprint density at radius 3 is 2.33 bits per heavy atom. The van der Waals surface area contributed by atoms with E-state index >= 15 is 0 Å². The fourth-order valence-corrected chi connectivity index (χ4v) is 1.74. The van der Waals surface area contributed by atoms with Crippen molar-refractivity contribution < 1.29 is 29.8 Å². The third-order valence-corrected chi connectivity index (χ3v) is 2.68. The van der Waals surface area contributed by atoms with Gasteiger partial charge in [-0.05, 0) is 12.3 Å². The number of rotatable bonds is 5. The van der Waals surface area contributed by atoms with E-state index in [0.717, 1.165) is 0 Å². The number of nitrogens with one attached hydrogen (secondary N) is 1. The van der Waals surface area contributed by atoms with Crippen molar-refractivity contribution in [3.05, 3.63) is 0 Å². The van der Waals surface area contributed by atoms with Crippen LogP contribution in [0.1, 0.15) is 19.3 Å². The second-order valence-electron chi connectivity index (χ2n) is 3.67. The maximum Gasteiger partial charge on any atom is 0.310 e. The SMILES string of the molecule is O=C(O)CC1CC1(CC(=O)NO)C(=O)O. The molecule has 7 nitrogen and oxygen atoms in total. The molecule has 15 heavy (non-hydrogen) atoms. The first kappa shape index (κ1) is 11.4. The number of carboxylic acid groups (broad SMARTS) is 2. The molecular weight excluding hydrogens is 206 g/mol. The Bertz CT molecular complexity index is 314. The summed E-state index contributed by atoms with van der Waals surface area (Å²) < 4.78 is 0. The number of hydrogen-bond donors (Lipinski definition) is 4. The normalized spacial score (nSPS) is 28.2. The maximum absolute atomic E-state index is 10.9. The summed E-state index contributed by atoms with van der Waals surface area (Å²) in [6, 6.07) is 0. The van der Waals surface area contributed by atoms with Crippen LogP contribution >= 0.6 is 0 Å². The van der Waals surface area contributed by atoms with E-state index in [1.54, 1.807) is 0 Å². The number of hydrogen-bond acceptors (Lipinski definition) is 4. The van der Waals surface area contributed by atoms with Crippen LogP contribution in [0, 0.1) is 11.3 Å². The minimum atomic E-state index is -1.31. The number of aliphatic carboxylic acids is 2. The summed E-state index contributed by atoms with van der Waals surface area (Å²) in [4.78, 5) is 32.1. The van der Waals surface area contributed by atoms with Gasteiger partial charge < -0.3 is 10.2 Å². The Balaban J connectivity index is 2.65. The van der Waals surface area contributed by atoms with Gasteiger partial charge in [-0.15, -0.1) is 0 Å². The van der Waals surface area contributed by atoms with E-state index in [1.807, 2.05) is 0 Å². The standard InChI is InChI=1S/C8H11NO6/c10-5(9-15)3-8(7(13)14)2-4(8)1-6(11)12/h4,15H,1-3H2,(H,9,10)(H,11,12)(H,13,14). The Kier molecular flexibility index (Phi) is 2.94. The van der Waals surface area contributed by atoms with Crippen molar-refractivity contribution in [1.29, 1.82) is 0 Å². The number of carboxylic acids is 2. The lowest BCUT2D eigenvalue weighted by molar-refractivity contribution is -0.148. The Hall–Kier alpha value is -1.63. The second kappa shape index (κ2) is 3.85. The fraction of sp³-hybridized carbons (Fsp3) is 0.625. The Morgan fingerprint density at radius 2 is 1.93 bits per heavy atom. The average Bonchev–Trinajstić information content (AvgIpc) is 2.78. The molecule has 0 aromatic heterocycles. The molecule has 0 saturated heterocycles. The molecule has 1 amide bonds. The van der Waals surface area contributed by atoms with Crippen LogP contribution in [0.25, 0.3) is 0 Å². The minimum Gasteiger partial charge on any atom is -0.481 e. The van der Waals surface area contributed by atoms with Gasteiger partial charge in [-0.2, -0.15) is 0 Å². The molecule has 0 aromatic rings. The quantitative estimate of drug-likeness (QED) is 0.361. The molecule has 0 bridgehead atoms. The molecular formula is C8H11NO6. The summed E-state index contributed by atoms with van der Waals surface area (Å²) in [7, 11) is 0. The van der Waals surface area contributed by atoms with E-state index in [1.165, 1.54) is 5.48 Å². The molecule has 0 radical (unpaired) electrons. The predicted octanol–water partition coefficient (Wildman–Crippen LogP) is -0.552.